The van der Waals surface area contributed by atoms with Crippen LogP contribution in [0.5, 0.6) is 5.75 Å². The molecule has 1 aromatic carbocycles. The Kier molecular flexibility index (Phi) is 7.30. The highest BCUT2D eigenvalue weighted by molar-refractivity contribution is 6.31. The van der Waals surface area contributed by atoms with Crippen LogP contribution in [0.2, 0.25) is 5.02 Å². The third kappa shape index (κ3) is 4.75. The molecular weight excluding hydrogens is 402 g/mol. The normalized spacial score (nSPS) is 22.0. The third-order valence-corrected chi connectivity index (χ3v) is 6.72. The summed E-state index contributed by atoms with van der Waals surface area (Å²) in [6.07, 6.45) is 3.81. The zero-order valence-electron chi connectivity index (χ0n) is 18.3. The predicted octanol–water partition coefficient (Wildman–Crippen LogP) is 3.55. The van der Waals surface area contributed by atoms with Crippen molar-refractivity contribution in [3.63, 3.8) is 0 Å². The zero-order valence-corrected chi connectivity index (χ0v) is 19.0. The van der Waals surface area contributed by atoms with Crippen LogP contribution >= 0.6 is 11.6 Å². The number of phenols is 1. The largest absolute Gasteiger partial charge is 0.508 e. The van der Waals surface area contributed by atoms with Crippen molar-refractivity contribution in [3.05, 3.63) is 28.8 Å². The van der Waals surface area contributed by atoms with Gasteiger partial charge in [-0.2, -0.15) is 0 Å². The molecule has 1 unspecified atom stereocenters. The monoisotopic (exact) mass is 435 g/mol. The molecule has 3 rings (SSSR count). The van der Waals surface area contributed by atoms with Crippen molar-refractivity contribution in [3.8, 4) is 5.75 Å². The van der Waals surface area contributed by atoms with E-state index >= 15 is 0 Å². The lowest BCUT2D eigenvalue weighted by molar-refractivity contribution is -0.161. The lowest BCUT2D eigenvalue weighted by atomic mass is 9.80. The number of halogens is 1. The number of hydrogen-bond acceptors (Lipinski definition) is 4. The van der Waals surface area contributed by atoms with E-state index in [9.17, 15) is 14.7 Å². The van der Waals surface area contributed by atoms with E-state index in [4.69, 9.17) is 11.6 Å². The van der Waals surface area contributed by atoms with Gasteiger partial charge in [0.2, 0.25) is 11.8 Å². The van der Waals surface area contributed by atoms with Gasteiger partial charge in [-0.05, 0) is 49.3 Å². The van der Waals surface area contributed by atoms with E-state index in [1.165, 1.54) is 0 Å². The van der Waals surface area contributed by atoms with Crippen LogP contribution in [-0.2, 0) is 16.1 Å². The minimum absolute atomic E-state index is 0.00571. The van der Waals surface area contributed by atoms with Crippen LogP contribution < -0.4 is 5.32 Å². The number of nitrogens with one attached hydrogen (secondary N) is 1. The predicted molar refractivity (Wildman–Crippen MR) is 118 cm³/mol. The number of phenolic OH excluding ortho intramolecular Hbond substituents is 1. The number of hydrogen-bond donors (Lipinski definition) is 2. The van der Waals surface area contributed by atoms with Crippen LogP contribution in [0, 0.1) is 5.92 Å². The molecule has 0 saturated carbocycles. The second-order valence-corrected chi connectivity index (χ2v) is 9.49. The summed E-state index contributed by atoms with van der Waals surface area (Å²) < 4.78 is 0. The number of piperidine rings is 1. The average molecular weight is 436 g/mol. The zero-order chi connectivity index (χ0) is 21.9. The van der Waals surface area contributed by atoms with Crippen molar-refractivity contribution in [1.29, 1.82) is 0 Å². The first-order chi connectivity index (χ1) is 14.3. The van der Waals surface area contributed by atoms with Crippen LogP contribution in [0.15, 0.2) is 18.2 Å². The summed E-state index contributed by atoms with van der Waals surface area (Å²) in [7, 11) is 0. The summed E-state index contributed by atoms with van der Waals surface area (Å²) in [6.45, 7) is 9.00. The highest BCUT2D eigenvalue weighted by Gasteiger charge is 2.53. The molecule has 6 nitrogen and oxygen atoms in total. The molecule has 0 aliphatic carbocycles. The van der Waals surface area contributed by atoms with Crippen LogP contribution in [0.1, 0.15) is 58.4 Å². The summed E-state index contributed by atoms with van der Waals surface area (Å²) in [6, 6.07) is 4.62. The molecule has 2 N–H and O–H groups in total. The van der Waals surface area contributed by atoms with Gasteiger partial charge in [0, 0.05) is 31.2 Å². The van der Waals surface area contributed by atoms with Gasteiger partial charge in [-0.3, -0.25) is 14.5 Å². The average Bonchev–Trinajstić information content (AvgIpc) is 2.69. The van der Waals surface area contributed by atoms with Crippen LogP contribution in [0.3, 0.4) is 0 Å². The Morgan fingerprint density at radius 1 is 1.27 bits per heavy atom. The minimum Gasteiger partial charge on any atom is -0.508 e. The van der Waals surface area contributed by atoms with E-state index in [1.54, 1.807) is 12.1 Å². The van der Waals surface area contributed by atoms with Gasteiger partial charge >= 0.3 is 0 Å². The SMILES string of the molecule is CCCCN1C(=O)C(CC(C)C)NC(=O)C12CCN(Cc1ccc(O)cc1Cl)CC2. The smallest absolute Gasteiger partial charge is 0.246 e. The Hall–Kier alpha value is -1.79. The Morgan fingerprint density at radius 2 is 1.97 bits per heavy atom. The van der Waals surface area contributed by atoms with Crippen LogP contribution in [0.4, 0.5) is 0 Å². The summed E-state index contributed by atoms with van der Waals surface area (Å²) >= 11 is 6.27. The van der Waals surface area contributed by atoms with Gasteiger partial charge in [-0.1, -0.05) is 44.9 Å². The fourth-order valence-corrected chi connectivity index (χ4v) is 4.87. The van der Waals surface area contributed by atoms with E-state index in [-0.39, 0.29) is 17.6 Å². The molecule has 7 heteroatoms. The van der Waals surface area contributed by atoms with E-state index in [0.29, 0.717) is 43.3 Å². The minimum atomic E-state index is -0.741. The van der Waals surface area contributed by atoms with Crippen molar-refractivity contribution >= 4 is 23.4 Å². The molecule has 0 bridgehead atoms. The maximum absolute atomic E-state index is 13.3. The molecule has 30 heavy (non-hydrogen) atoms. The van der Waals surface area contributed by atoms with Crippen molar-refractivity contribution in [2.24, 2.45) is 5.92 Å². The van der Waals surface area contributed by atoms with E-state index in [1.807, 2.05) is 11.0 Å². The molecule has 2 heterocycles. The number of piperazine rings is 1. The van der Waals surface area contributed by atoms with Gasteiger partial charge in [0.05, 0.1) is 0 Å². The first kappa shape index (κ1) is 22.9. The van der Waals surface area contributed by atoms with Crippen molar-refractivity contribution < 1.29 is 14.7 Å². The van der Waals surface area contributed by atoms with Crippen molar-refractivity contribution in [1.82, 2.24) is 15.1 Å². The lowest BCUT2D eigenvalue weighted by Crippen LogP contribution is -2.73. The van der Waals surface area contributed by atoms with Crippen LogP contribution in [0.25, 0.3) is 0 Å². The van der Waals surface area contributed by atoms with E-state index < -0.39 is 11.6 Å². The van der Waals surface area contributed by atoms with Gasteiger partial charge in [-0.15, -0.1) is 0 Å². The molecule has 2 amide bonds. The van der Waals surface area contributed by atoms with Gasteiger partial charge in [0.15, 0.2) is 0 Å². The fraction of sp³-hybridized carbons (Fsp3) is 0.652. The number of likely N-dealkylation sites (tertiary alicyclic amines) is 1. The maximum atomic E-state index is 13.3. The van der Waals surface area contributed by atoms with Crippen molar-refractivity contribution in [2.75, 3.05) is 19.6 Å². The van der Waals surface area contributed by atoms with E-state index in [2.05, 4.69) is 31.0 Å². The first-order valence-electron chi connectivity index (χ1n) is 11.1. The number of nitrogens with zero attached hydrogens (tertiary/aromatic N) is 2. The Bertz CT molecular complexity index is 775. The van der Waals surface area contributed by atoms with Crippen molar-refractivity contribution in [2.45, 2.75) is 71.0 Å². The lowest BCUT2D eigenvalue weighted by Gasteiger charge is -2.52. The molecule has 166 valence electrons. The maximum Gasteiger partial charge on any atom is 0.246 e. The third-order valence-electron chi connectivity index (χ3n) is 6.36. The highest BCUT2D eigenvalue weighted by atomic mass is 35.5. The molecule has 1 atom stereocenters. The molecular formula is C23H34ClN3O3. The van der Waals surface area contributed by atoms with Crippen LogP contribution in [-0.4, -0.2) is 57.9 Å². The summed E-state index contributed by atoms with van der Waals surface area (Å²) in [4.78, 5) is 30.7. The number of rotatable bonds is 7. The summed E-state index contributed by atoms with van der Waals surface area (Å²) in [5.74, 6) is 0.581. The number of amides is 2. The molecule has 2 fully saturated rings. The number of aromatic hydroxyl groups is 1. The number of carbonyl (C=O) groups excluding carboxylic acids is 2. The van der Waals surface area contributed by atoms with Gasteiger partial charge in [0.1, 0.15) is 17.3 Å². The van der Waals surface area contributed by atoms with Gasteiger partial charge < -0.3 is 15.3 Å². The molecule has 0 aromatic heterocycles. The number of carbonyl (C=O) groups is 2. The second-order valence-electron chi connectivity index (χ2n) is 9.08. The standard InChI is InChI=1S/C23H34ClN3O3/c1-4-5-10-27-21(29)20(13-16(2)3)25-22(30)23(27)8-11-26(12-9-23)15-17-6-7-18(28)14-19(17)24/h6-7,14,16,20,28H,4-5,8-13,15H2,1-3H3,(H,25,30). The molecule has 2 aliphatic rings. The topological polar surface area (TPSA) is 72.9 Å². The number of benzene rings is 1. The number of unbranched alkanes of at least 4 members (excludes halogenated alkanes) is 1. The van der Waals surface area contributed by atoms with Gasteiger partial charge in [0.25, 0.3) is 0 Å². The fourth-order valence-electron chi connectivity index (χ4n) is 4.63. The first-order valence-corrected chi connectivity index (χ1v) is 11.5. The molecule has 2 saturated heterocycles. The Balaban J connectivity index is 1.73. The second kappa shape index (κ2) is 9.56. The van der Waals surface area contributed by atoms with E-state index in [0.717, 1.165) is 31.5 Å². The molecule has 1 aromatic rings. The molecule has 1 spiro atoms. The Morgan fingerprint density at radius 3 is 2.57 bits per heavy atom. The quantitative estimate of drug-likeness (QED) is 0.686. The Labute approximate surface area is 184 Å². The molecule has 0 radical (unpaired) electrons. The highest BCUT2D eigenvalue weighted by Crippen LogP contribution is 2.35. The summed E-state index contributed by atoms with van der Waals surface area (Å²) in [5.41, 5.74) is 0.212. The summed E-state index contributed by atoms with van der Waals surface area (Å²) in [5, 5.41) is 13.1. The molecule has 2 aliphatic heterocycles. The van der Waals surface area contributed by atoms with Gasteiger partial charge in [-0.25, -0.2) is 0 Å².